The van der Waals surface area contributed by atoms with Crippen LogP contribution in [0, 0.1) is 0 Å². The van der Waals surface area contributed by atoms with Crippen LogP contribution in [-0.2, 0) is 14.3 Å². The molecule has 1 heterocycles. The van der Waals surface area contributed by atoms with E-state index in [2.05, 4.69) is 18.8 Å². The van der Waals surface area contributed by atoms with Gasteiger partial charge in [-0.05, 0) is 33.1 Å². The molecule has 1 rings (SSSR count). The number of hydrogen-bond donors (Lipinski definition) is 0. The Morgan fingerprint density at radius 2 is 2.05 bits per heavy atom. The van der Waals surface area contributed by atoms with Crippen molar-refractivity contribution in [2.75, 3.05) is 6.61 Å². The highest BCUT2D eigenvalue weighted by Gasteiger charge is 2.36. The van der Waals surface area contributed by atoms with Crippen molar-refractivity contribution in [1.82, 2.24) is 4.90 Å². The zero-order valence-electron chi connectivity index (χ0n) is 12.1. The van der Waals surface area contributed by atoms with Crippen molar-refractivity contribution in [1.29, 1.82) is 0 Å². The van der Waals surface area contributed by atoms with Crippen molar-refractivity contribution in [2.24, 2.45) is 4.99 Å². The van der Waals surface area contributed by atoms with Crippen LogP contribution in [0.3, 0.4) is 0 Å². The molecular formula is C14H24N2O3. The molecule has 0 N–H and O–H groups in total. The number of unbranched alkanes of at least 4 members (excludes halogenated alkanes) is 1. The summed E-state index contributed by atoms with van der Waals surface area (Å²) in [5, 5.41) is 0. The minimum absolute atomic E-state index is 0.226. The molecule has 0 bridgehead atoms. The van der Waals surface area contributed by atoms with Gasteiger partial charge in [0.05, 0.1) is 6.61 Å². The first kappa shape index (κ1) is 15.9. The van der Waals surface area contributed by atoms with Crippen LogP contribution < -0.4 is 0 Å². The van der Waals surface area contributed by atoms with E-state index in [0.717, 1.165) is 32.1 Å². The van der Waals surface area contributed by atoms with E-state index in [9.17, 15) is 9.59 Å². The third kappa shape index (κ3) is 4.44. The van der Waals surface area contributed by atoms with Gasteiger partial charge in [0, 0.05) is 12.1 Å². The average molecular weight is 268 g/mol. The highest BCUT2D eigenvalue weighted by atomic mass is 16.5. The third-order valence-electron chi connectivity index (χ3n) is 3.67. The van der Waals surface area contributed by atoms with E-state index in [4.69, 9.17) is 4.74 Å². The van der Waals surface area contributed by atoms with Gasteiger partial charge in [0.1, 0.15) is 0 Å². The Morgan fingerprint density at radius 1 is 1.42 bits per heavy atom. The number of carbonyl (C=O) groups is 1. The van der Waals surface area contributed by atoms with Crippen LogP contribution in [0.5, 0.6) is 0 Å². The summed E-state index contributed by atoms with van der Waals surface area (Å²) >= 11 is 0. The normalized spacial score (nSPS) is 25.4. The maximum atomic E-state index is 12.1. The van der Waals surface area contributed by atoms with Crippen LogP contribution in [0.2, 0.25) is 0 Å². The first-order valence-electron chi connectivity index (χ1n) is 7.12. The molecule has 0 spiro atoms. The van der Waals surface area contributed by atoms with E-state index in [1.807, 2.05) is 11.8 Å². The van der Waals surface area contributed by atoms with Crippen molar-refractivity contribution in [3.63, 3.8) is 0 Å². The second-order valence-corrected chi connectivity index (χ2v) is 5.19. The lowest BCUT2D eigenvalue weighted by Crippen LogP contribution is -2.52. The van der Waals surface area contributed by atoms with Crippen molar-refractivity contribution < 1.29 is 14.3 Å². The molecular weight excluding hydrogens is 244 g/mol. The number of aliphatic imine (C=N–C) groups is 1. The Morgan fingerprint density at radius 3 is 2.58 bits per heavy atom. The Labute approximate surface area is 115 Å². The third-order valence-corrected chi connectivity index (χ3v) is 3.67. The molecule has 5 nitrogen and oxygen atoms in total. The number of esters is 1. The summed E-state index contributed by atoms with van der Waals surface area (Å²) in [5.41, 5.74) is 0. The van der Waals surface area contributed by atoms with Gasteiger partial charge >= 0.3 is 5.97 Å². The van der Waals surface area contributed by atoms with Crippen LogP contribution in [0.1, 0.15) is 52.9 Å². The minimum atomic E-state index is -0.834. The molecule has 1 fully saturated rings. The fourth-order valence-electron chi connectivity index (χ4n) is 2.61. The molecule has 0 radical (unpaired) electrons. The number of rotatable bonds is 6. The summed E-state index contributed by atoms with van der Waals surface area (Å²) in [5.74, 6) is -0.433. The molecule has 0 aromatic rings. The predicted octanol–water partition coefficient (Wildman–Crippen LogP) is 2.25. The van der Waals surface area contributed by atoms with E-state index in [-0.39, 0.29) is 12.1 Å². The molecule has 0 saturated carbocycles. The topological polar surface area (TPSA) is 59.0 Å². The van der Waals surface area contributed by atoms with Gasteiger partial charge in [-0.25, -0.2) is 9.59 Å². The van der Waals surface area contributed by atoms with Gasteiger partial charge in [0.2, 0.25) is 12.2 Å². The predicted molar refractivity (Wildman–Crippen MR) is 72.4 cm³/mol. The van der Waals surface area contributed by atoms with Gasteiger partial charge in [-0.15, -0.1) is 0 Å². The fraction of sp³-hybridized carbons (Fsp3) is 0.857. The summed E-state index contributed by atoms with van der Waals surface area (Å²) in [7, 11) is 0. The van der Waals surface area contributed by atoms with E-state index in [1.165, 1.54) is 6.08 Å². The van der Waals surface area contributed by atoms with E-state index in [0.29, 0.717) is 6.61 Å². The molecule has 1 aliphatic heterocycles. The van der Waals surface area contributed by atoms with Crippen molar-refractivity contribution in [3.8, 4) is 0 Å². The molecule has 3 unspecified atom stereocenters. The van der Waals surface area contributed by atoms with Crippen LogP contribution in [0.15, 0.2) is 4.99 Å². The van der Waals surface area contributed by atoms with Crippen LogP contribution in [0.4, 0.5) is 0 Å². The smallest absolute Gasteiger partial charge is 0.347 e. The Balaban J connectivity index is 2.74. The fourth-order valence-corrected chi connectivity index (χ4v) is 2.61. The van der Waals surface area contributed by atoms with Crippen molar-refractivity contribution in [3.05, 3.63) is 0 Å². The van der Waals surface area contributed by atoms with Gasteiger partial charge in [-0.1, -0.05) is 19.8 Å². The first-order valence-corrected chi connectivity index (χ1v) is 7.12. The maximum Gasteiger partial charge on any atom is 0.347 e. The molecule has 3 atom stereocenters. The minimum Gasteiger partial charge on any atom is -0.463 e. The molecule has 0 aromatic carbocycles. The Hall–Kier alpha value is -1.19. The molecule has 108 valence electrons. The molecule has 0 amide bonds. The summed E-state index contributed by atoms with van der Waals surface area (Å²) in [6.07, 6.45) is 5.63. The van der Waals surface area contributed by atoms with Gasteiger partial charge in [-0.3, -0.25) is 4.90 Å². The SMILES string of the molecule is CCCCOC(=O)C(N=C=O)N1C(C)CCCC1C. The van der Waals surface area contributed by atoms with Gasteiger partial charge < -0.3 is 4.74 Å². The molecule has 5 heteroatoms. The zero-order chi connectivity index (χ0) is 14.3. The number of piperidine rings is 1. The van der Waals surface area contributed by atoms with Crippen LogP contribution in [-0.4, -0.2) is 41.8 Å². The Kier molecular flexibility index (Phi) is 6.74. The molecule has 0 aromatic heterocycles. The van der Waals surface area contributed by atoms with E-state index < -0.39 is 12.1 Å². The molecule has 1 saturated heterocycles. The number of likely N-dealkylation sites (tertiary alicyclic amines) is 1. The summed E-state index contributed by atoms with van der Waals surface area (Å²) in [6, 6.07) is 0.453. The lowest BCUT2D eigenvalue weighted by atomic mass is 9.97. The number of carbonyl (C=O) groups excluding carboxylic acids is 2. The number of ether oxygens (including phenoxy) is 1. The summed E-state index contributed by atoms with van der Waals surface area (Å²) in [6.45, 7) is 6.53. The van der Waals surface area contributed by atoms with Crippen LogP contribution >= 0.6 is 0 Å². The van der Waals surface area contributed by atoms with Gasteiger partial charge in [-0.2, -0.15) is 4.99 Å². The average Bonchev–Trinajstić information content (AvgIpc) is 2.37. The quantitative estimate of drug-likeness (QED) is 0.321. The monoisotopic (exact) mass is 268 g/mol. The lowest BCUT2D eigenvalue weighted by Gasteiger charge is -2.40. The second kappa shape index (κ2) is 8.08. The lowest BCUT2D eigenvalue weighted by molar-refractivity contribution is -0.152. The zero-order valence-corrected chi connectivity index (χ0v) is 12.1. The Bertz CT molecular complexity index is 330. The highest BCUT2D eigenvalue weighted by Crippen LogP contribution is 2.25. The van der Waals surface area contributed by atoms with Gasteiger partial charge in [0.15, 0.2) is 0 Å². The molecule has 1 aliphatic rings. The molecule has 19 heavy (non-hydrogen) atoms. The first-order chi connectivity index (χ1) is 9.11. The maximum absolute atomic E-state index is 12.1. The summed E-state index contributed by atoms with van der Waals surface area (Å²) in [4.78, 5) is 28.3. The van der Waals surface area contributed by atoms with Crippen molar-refractivity contribution >= 4 is 12.0 Å². The summed E-state index contributed by atoms with van der Waals surface area (Å²) < 4.78 is 5.19. The van der Waals surface area contributed by atoms with Gasteiger partial charge in [0.25, 0.3) is 0 Å². The second-order valence-electron chi connectivity index (χ2n) is 5.19. The number of isocyanates is 1. The number of hydrogen-bond acceptors (Lipinski definition) is 5. The van der Waals surface area contributed by atoms with E-state index >= 15 is 0 Å². The van der Waals surface area contributed by atoms with Crippen LogP contribution in [0.25, 0.3) is 0 Å². The van der Waals surface area contributed by atoms with E-state index in [1.54, 1.807) is 0 Å². The molecule has 0 aliphatic carbocycles. The number of nitrogens with zero attached hydrogens (tertiary/aromatic N) is 2. The van der Waals surface area contributed by atoms with Crippen molar-refractivity contribution in [2.45, 2.75) is 71.1 Å². The standard InChI is InChI=1S/C14H24N2O3/c1-4-5-9-19-14(18)13(15-10-17)16-11(2)7-6-8-12(16)3/h11-13H,4-9H2,1-3H3. The highest BCUT2D eigenvalue weighted by molar-refractivity contribution is 5.76. The largest absolute Gasteiger partial charge is 0.463 e.